The van der Waals surface area contributed by atoms with Crippen LogP contribution in [0.2, 0.25) is 0 Å². The number of carbonyl (C=O) groups is 3. The summed E-state index contributed by atoms with van der Waals surface area (Å²) in [6, 6.07) is 15.1. The number of allylic oxidation sites excluding steroid dienone is 1. The van der Waals surface area contributed by atoms with Crippen molar-refractivity contribution in [2.45, 2.75) is 51.5 Å². The molecule has 1 saturated heterocycles. The van der Waals surface area contributed by atoms with Crippen LogP contribution in [0.1, 0.15) is 45.4 Å². The maximum Gasteiger partial charge on any atom is 0.261 e. The summed E-state index contributed by atoms with van der Waals surface area (Å²) in [5.74, 6) is 0.251. The lowest BCUT2D eigenvalue weighted by atomic mass is 9.97. The summed E-state index contributed by atoms with van der Waals surface area (Å²) in [6.45, 7) is 2.61. The smallest absolute Gasteiger partial charge is 0.261 e. The van der Waals surface area contributed by atoms with E-state index in [2.05, 4.69) is 6.08 Å². The first kappa shape index (κ1) is 24.5. The molecule has 35 heavy (non-hydrogen) atoms. The van der Waals surface area contributed by atoms with Gasteiger partial charge in [0.15, 0.2) is 6.61 Å². The van der Waals surface area contributed by atoms with Gasteiger partial charge in [-0.2, -0.15) is 0 Å². The maximum absolute atomic E-state index is 13.4. The van der Waals surface area contributed by atoms with E-state index < -0.39 is 6.04 Å². The zero-order chi connectivity index (χ0) is 24.6. The summed E-state index contributed by atoms with van der Waals surface area (Å²) in [4.78, 5) is 42.3. The zero-order valence-electron chi connectivity index (χ0n) is 20.2. The zero-order valence-corrected chi connectivity index (χ0v) is 20.2. The maximum atomic E-state index is 13.4. The van der Waals surface area contributed by atoms with E-state index in [0.717, 1.165) is 19.3 Å². The van der Waals surface area contributed by atoms with Gasteiger partial charge in [-0.15, -0.1) is 0 Å². The molecule has 0 N–H and O–H groups in total. The molecule has 3 amide bonds. The first-order chi connectivity index (χ1) is 17.1. The number of nitrogens with zero attached hydrogens (tertiary/aromatic N) is 2. The summed E-state index contributed by atoms with van der Waals surface area (Å²) in [6.07, 6.45) is 7.28. The standard InChI is InChI=1S/C28H32N2O5/c1-2-34-24-15-13-22(14-16-24)30-26(31)19-25(28(30)33)29(18-17-21-9-5-3-6-10-21)27(32)20-35-23-11-7-4-8-12-23/h4,7-9,11-16,25H,2-3,5-6,10,17-20H2,1H3. The van der Waals surface area contributed by atoms with E-state index >= 15 is 0 Å². The summed E-state index contributed by atoms with van der Waals surface area (Å²) in [7, 11) is 0. The highest BCUT2D eigenvalue weighted by Crippen LogP contribution is 2.29. The average molecular weight is 477 g/mol. The fourth-order valence-electron chi connectivity index (χ4n) is 4.58. The first-order valence-electron chi connectivity index (χ1n) is 12.3. The molecule has 0 saturated carbocycles. The van der Waals surface area contributed by atoms with Crippen molar-refractivity contribution in [1.82, 2.24) is 4.90 Å². The van der Waals surface area contributed by atoms with Gasteiger partial charge in [0.2, 0.25) is 5.91 Å². The number of hydrogen-bond acceptors (Lipinski definition) is 5. The number of ether oxygens (including phenoxy) is 2. The third kappa shape index (κ3) is 6.10. The van der Waals surface area contributed by atoms with Crippen LogP contribution in [0.15, 0.2) is 66.2 Å². The highest BCUT2D eigenvalue weighted by molar-refractivity contribution is 6.23. The molecule has 1 atom stereocenters. The summed E-state index contributed by atoms with van der Waals surface area (Å²) in [5.41, 5.74) is 1.78. The molecule has 0 radical (unpaired) electrons. The van der Waals surface area contributed by atoms with Crippen LogP contribution < -0.4 is 14.4 Å². The number of carbonyl (C=O) groups excluding carboxylic acids is 3. The van der Waals surface area contributed by atoms with Crippen LogP contribution in [-0.2, 0) is 14.4 Å². The predicted molar refractivity (Wildman–Crippen MR) is 133 cm³/mol. The van der Waals surface area contributed by atoms with Crippen molar-refractivity contribution in [3.05, 3.63) is 66.2 Å². The Balaban J connectivity index is 1.50. The topological polar surface area (TPSA) is 76.2 Å². The van der Waals surface area contributed by atoms with Crippen LogP contribution in [0.3, 0.4) is 0 Å². The van der Waals surface area contributed by atoms with Gasteiger partial charge in [-0.25, -0.2) is 4.90 Å². The quantitative estimate of drug-likeness (QED) is 0.372. The van der Waals surface area contributed by atoms with Gasteiger partial charge in [0.1, 0.15) is 17.5 Å². The molecule has 7 heteroatoms. The second kappa shape index (κ2) is 11.7. The number of amides is 3. The van der Waals surface area contributed by atoms with E-state index in [9.17, 15) is 14.4 Å². The number of benzene rings is 2. The van der Waals surface area contributed by atoms with E-state index in [1.807, 2.05) is 25.1 Å². The molecule has 2 aromatic rings. The molecule has 1 heterocycles. The Labute approximate surface area is 206 Å². The van der Waals surface area contributed by atoms with Gasteiger partial charge in [-0.05, 0) is 75.4 Å². The van der Waals surface area contributed by atoms with Crippen LogP contribution in [-0.4, -0.2) is 48.4 Å². The number of para-hydroxylation sites is 1. The van der Waals surface area contributed by atoms with Crippen molar-refractivity contribution in [1.29, 1.82) is 0 Å². The Morgan fingerprint density at radius 2 is 1.74 bits per heavy atom. The molecule has 0 bridgehead atoms. The van der Waals surface area contributed by atoms with Crippen LogP contribution >= 0.6 is 0 Å². The van der Waals surface area contributed by atoms with E-state index in [-0.39, 0.29) is 30.7 Å². The predicted octanol–water partition coefficient (Wildman–Crippen LogP) is 4.52. The van der Waals surface area contributed by atoms with Crippen molar-refractivity contribution in [3.8, 4) is 11.5 Å². The number of hydrogen-bond donors (Lipinski definition) is 0. The van der Waals surface area contributed by atoms with Gasteiger partial charge in [0.25, 0.3) is 11.8 Å². The van der Waals surface area contributed by atoms with E-state index in [4.69, 9.17) is 9.47 Å². The minimum Gasteiger partial charge on any atom is -0.494 e. The fourth-order valence-corrected chi connectivity index (χ4v) is 4.58. The fraction of sp³-hybridized carbons (Fsp3) is 0.393. The van der Waals surface area contributed by atoms with Crippen LogP contribution in [0.5, 0.6) is 11.5 Å². The second-order valence-corrected chi connectivity index (χ2v) is 8.76. The highest BCUT2D eigenvalue weighted by Gasteiger charge is 2.44. The second-order valence-electron chi connectivity index (χ2n) is 8.76. The lowest BCUT2D eigenvalue weighted by Crippen LogP contribution is -2.47. The van der Waals surface area contributed by atoms with Crippen molar-refractivity contribution < 1.29 is 23.9 Å². The van der Waals surface area contributed by atoms with Gasteiger partial charge in [-0.3, -0.25) is 14.4 Å². The molecule has 2 aliphatic rings. The summed E-state index contributed by atoms with van der Waals surface area (Å²) >= 11 is 0. The van der Waals surface area contributed by atoms with Gasteiger partial charge >= 0.3 is 0 Å². The minimum atomic E-state index is -0.842. The normalized spacial score (nSPS) is 17.8. The minimum absolute atomic E-state index is 0.0395. The SMILES string of the molecule is CCOc1ccc(N2C(=O)CC(N(CCC3=CCCCC3)C(=O)COc3ccccc3)C2=O)cc1. The Hall–Kier alpha value is -3.61. The molecule has 0 spiro atoms. The first-order valence-corrected chi connectivity index (χ1v) is 12.3. The van der Waals surface area contributed by atoms with E-state index in [1.54, 1.807) is 36.4 Å². The molecule has 1 unspecified atom stereocenters. The Kier molecular flexibility index (Phi) is 8.19. The average Bonchev–Trinajstić information content (AvgIpc) is 3.18. The molecular formula is C28H32N2O5. The monoisotopic (exact) mass is 476 g/mol. The third-order valence-corrected chi connectivity index (χ3v) is 6.39. The molecule has 7 nitrogen and oxygen atoms in total. The number of imide groups is 1. The number of rotatable bonds is 10. The Morgan fingerprint density at radius 1 is 1.00 bits per heavy atom. The molecule has 184 valence electrons. The van der Waals surface area contributed by atoms with Gasteiger partial charge in [-0.1, -0.05) is 29.8 Å². The number of anilines is 1. The van der Waals surface area contributed by atoms with Crippen molar-refractivity contribution >= 4 is 23.4 Å². The van der Waals surface area contributed by atoms with Gasteiger partial charge in [0, 0.05) is 6.54 Å². The molecule has 0 aromatic heterocycles. The van der Waals surface area contributed by atoms with Crippen molar-refractivity contribution in [2.24, 2.45) is 0 Å². The van der Waals surface area contributed by atoms with Crippen LogP contribution in [0.25, 0.3) is 0 Å². The Morgan fingerprint density at radius 3 is 2.43 bits per heavy atom. The third-order valence-electron chi connectivity index (χ3n) is 6.39. The molecule has 2 aromatic carbocycles. The molecule has 1 aliphatic carbocycles. The molecular weight excluding hydrogens is 444 g/mol. The highest BCUT2D eigenvalue weighted by atomic mass is 16.5. The van der Waals surface area contributed by atoms with Crippen LogP contribution in [0.4, 0.5) is 5.69 Å². The van der Waals surface area contributed by atoms with Crippen molar-refractivity contribution in [3.63, 3.8) is 0 Å². The molecule has 1 fully saturated rings. The molecule has 1 aliphatic heterocycles. The summed E-state index contributed by atoms with van der Waals surface area (Å²) in [5, 5.41) is 0. The summed E-state index contributed by atoms with van der Waals surface area (Å²) < 4.78 is 11.1. The lowest BCUT2D eigenvalue weighted by molar-refractivity contribution is -0.140. The van der Waals surface area contributed by atoms with Gasteiger partial charge in [0.05, 0.1) is 18.7 Å². The lowest BCUT2D eigenvalue weighted by Gasteiger charge is -2.28. The van der Waals surface area contributed by atoms with Gasteiger partial charge < -0.3 is 14.4 Å². The van der Waals surface area contributed by atoms with E-state index in [1.165, 1.54) is 21.8 Å². The largest absolute Gasteiger partial charge is 0.494 e. The van der Waals surface area contributed by atoms with E-state index in [0.29, 0.717) is 36.8 Å². The molecule has 4 rings (SSSR count). The van der Waals surface area contributed by atoms with Crippen LogP contribution in [0, 0.1) is 0 Å². The van der Waals surface area contributed by atoms with Crippen molar-refractivity contribution in [2.75, 3.05) is 24.7 Å². The Bertz CT molecular complexity index is 1060.